The molecule has 0 heterocycles. The Morgan fingerprint density at radius 2 is 1.90 bits per heavy atom. The number of hydrogen-bond donors (Lipinski definition) is 6. The van der Waals surface area contributed by atoms with E-state index in [1.807, 2.05) is 20.8 Å². The van der Waals surface area contributed by atoms with Crippen LogP contribution in [0.2, 0.25) is 0 Å². The smallest absolute Gasteiger partial charge is 0.234 e. The van der Waals surface area contributed by atoms with Crippen molar-refractivity contribution >= 4 is 5.91 Å². The summed E-state index contributed by atoms with van der Waals surface area (Å²) < 4.78 is 5.53. The summed E-state index contributed by atoms with van der Waals surface area (Å²) >= 11 is 0. The van der Waals surface area contributed by atoms with Crippen molar-refractivity contribution < 1.29 is 19.7 Å². The fraction of sp³-hybridized carbons (Fsp3) is 0.923. The van der Waals surface area contributed by atoms with E-state index in [-0.39, 0.29) is 31.1 Å². The van der Waals surface area contributed by atoms with Gasteiger partial charge in [-0.05, 0) is 27.2 Å². The van der Waals surface area contributed by atoms with Crippen LogP contribution in [0.15, 0.2) is 0 Å². The molecule has 0 aromatic carbocycles. The summed E-state index contributed by atoms with van der Waals surface area (Å²) in [5, 5.41) is 26.6. The molecule has 0 aliphatic carbocycles. The molecule has 0 aromatic heterocycles. The average Bonchev–Trinajstić information content (AvgIpc) is 2.40. The van der Waals surface area contributed by atoms with Gasteiger partial charge in [0.25, 0.3) is 0 Å². The summed E-state index contributed by atoms with van der Waals surface area (Å²) in [4.78, 5) is 11.5. The molecule has 1 unspecified atom stereocenters. The number of rotatable bonds is 11. The minimum atomic E-state index is -0.929. The second kappa shape index (κ2) is 10.9. The Balaban J connectivity index is 3.53. The van der Waals surface area contributed by atoms with Crippen molar-refractivity contribution in [2.24, 2.45) is 5.73 Å². The van der Waals surface area contributed by atoms with E-state index in [4.69, 9.17) is 15.6 Å². The Morgan fingerprint density at radius 3 is 2.48 bits per heavy atom. The van der Waals surface area contributed by atoms with E-state index < -0.39 is 12.5 Å². The summed E-state index contributed by atoms with van der Waals surface area (Å²) in [7, 11) is 0. The SMILES string of the molecule is CC(C)(C)OCCCNC(=O)CN[C@H](O)CNC(O)CN. The lowest BCUT2D eigenvalue weighted by atomic mass is 10.2. The maximum atomic E-state index is 11.5. The second-order valence-electron chi connectivity index (χ2n) is 5.72. The van der Waals surface area contributed by atoms with Crippen LogP contribution in [0, 0.1) is 0 Å². The highest BCUT2D eigenvalue weighted by Crippen LogP contribution is 2.06. The van der Waals surface area contributed by atoms with Gasteiger partial charge in [0.1, 0.15) is 12.5 Å². The largest absolute Gasteiger partial charge is 0.377 e. The lowest BCUT2D eigenvalue weighted by molar-refractivity contribution is -0.120. The van der Waals surface area contributed by atoms with Gasteiger partial charge >= 0.3 is 0 Å². The highest BCUT2D eigenvalue weighted by Gasteiger charge is 2.10. The minimum Gasteiger partial charge on any atom is -0.377 e. The molecule has 0 aliphatic rings. The number of amides is 1. The molecule has 0 aromatic rings. The van der Waals surface area contributed by atoms with E-state index in [1.165, 1.54) is 0 Å². The summed E-state index contributed by atoms with van der Waals surface area (Å²) in [5.41, 5.74) is 5.03. The Bertz CT molecular complexity index is 284. The average molecular weight is 306 g/mol. The van der Waals surface area contributed by atoms with Gasteiger partial charge in [0.2, 0.25) is 5.91 Å². The van der Waals surface area contributed by atoms with Crippen LogP contribution in [0.1, 0.15) is 27.2 Å². The molecule has 1 amide bonds. The van der Waals surface area contributed by atoms with Crippen LogP contribution in [0.3, 0.4) is 0 Å². The molecule has 0 radical (unpaired) electrons. The van der Waals surface area contributed by atoms with E-state index in [0.717, 1.165) is 6.42 Å². The van der Waals surface area contributed by atoms with Crippen LogP contribution in [-0.2, 0) is 9.53 Å². The molecule has 0 aliphatic heterocycles. The molecule has 0 fully saturated rings. The zero-order valence-corrected chi connectivity index (χ0v) is 13.2. The van der Waals surface area contributed by atoms with Gasteiger partial charge in [0.15, 0.2) is 0 Å². The molecule has 21 heavy (non-hydrogen) atoms. The van der Waals surface area contributed by atoms with Crippen molar-refractivity contribution in [3.63, 3.8) is 0 Å². The third kappa shape index (κ3) is 13.9. The monoisotopic (exact) mass is 306 g/mol. The quantitative estimate of drug-likeness (QED) is 0.194. The first-order chi connectivity index (χ1) is 9.74. The maximum Gasteiger partial charge on any atom is 0.234 e. The lowest BCUT2D eigenvalue weighted by Gasteiger charge is -2.19. The first-order valence-electron chi connectivity index (χ1n) is 7.18. The molecular formula is C13H30N4O4. The Labute approximate surface area is 126 Å². The van der Waals surface area contributed by atoms with E-state index in [0.29, 0.717) is 13.2 Å². The third-order valence-electron chi connectivity index (χ3n) is 2.45. The molecule has 8 heteroatoms. The van der Waals surface area contributed by atoms with E-state index in [1.54, 1.807) is 0 Å². The van der Waals surface area contributed by atoms with Crippen LogP contribution in [0.25, 0.3) is 0 Å². The van der Waals surface area contributed by atoms with E-state index in [2.05, 4.69) is 16.0 Å². The third-order valence-corrected chi connectivity index (χ3v) is 2.45. The zero-order chi connectivity index (χ0) is 16.3. The summed E-state index contributed by atoms with van der Waals surface area (Å²) in [6.45, 7) is 7.21. The van der Waals surface area contributed by atoms with Crippen LogP contribution < -0.4 is 21.7 Å². The number of ether oxygens (including phenoxy) is 1. The van der Waals surface area contributed by atoms with Gasteiger partial charge in [-0.2, -0.15) is 0 Å². The van der Waals surface area contributed by atoms with Gasteiger partial charge in [-0.1, -0.05) is 0 Å². The molecular weight excluding hydrogens is 276 g/mol. The summed E-state index contributed by atoms with van der Waals surface area (Å²) in [6.07, 6.45) is -1.06. The number of nitrogens with two attached hydrogens (primary N) is 1. The summed E-state index contributed by atoms with van der Waals surface area (Å²) in [5.74, 6) is -0.204. The Kier molecular flexibility index (Phi) is 10.5. The predicted octanol–water partition coefficient (Wildman–Crippen LogP) is -1.92. The molecule has 0 saturated heterocycles. The van der Waals surface area contributed by atoms with Crippen LogP contribution >= 0.6 is 0 Å². The number of aliphatic hydroxyl groups excluding tert-OH is 2. The van der Waals surface area contributed by atoms with Gasteiger partial charge in [-0.25, -0.2) is 0 Å². The first kappa shape index (κ1) is 20.2. The fourth-order valence-electron chi connectivity index (χ4n) is 1.35. The van der Waals surface area contributed by atoms with Crippen molar-refractivity contribution in [3.05, 3.63) is 0 Å². The Hall–Kier alpha value is -0.770. The van der Waals surface area contributed by atoms with Gasteiger partial charge in [0, 0.05) is 26.2 Å². The van der Waals surface area contributed by atoms with Gasteiger partial charge in [-0.15, -0.1) is 0 Å². The van der Waals surface area contributed by atoms with Gasteiger partial charge < -0.3 is 26.0 Å². The molecule has 0 spiro atoms. The second-order valence-corrected chi connectivity index (χ2v) is 5.72. The molecule has 0 rings (SSSR count). The molecule has 8 nitrogen and oxygen atoms in total. The first-order valence-corrected chi connectivity index (χ1v) is 7.18. The number of carbonyl (C=O) groups is 1. The molecule has 0 bridgehead atoms. The zero-order valence-electron chi connectivity index (χ0n) is 13.2. The van der Waals surface area contributed by atoms with Crippen molar-refractivity contribution in [2.75, 3.05) is 32.8 Å². The molecule has 0 saturated carbocycles. The fourth-order valence-corrected chi connectivity index (χ4v) is 1.35. The lowest BCUT2D eigenvalue weighted by Crippen LogP contribution is -2.47. The minimum absolute atomic E-state index is 0.00168. The van der Waals surface area contributed by atoms with Crippen molar-refractivity contribution in [1.29, 1.82) is 0 Å². The maximum absolute atomic E-state index is 11.5. The van der Waals surface area contributed by atoms with Gasteiger partial charge in [-0.3, -0.25) is 15.4 Å². The summed E-state index contributed by atoms with van der Waals surface area (Å²) in [6, 6.07) is 0. The topological polar surface area (TPSA) is 129 Å². The van der Waals surface area contributed by atoms with Gasteiger partial charge in [0.05, 0.1) is 12.1 Å². The normalized spacial score (nSPS) is 14.8. The highest BCUT2D eigenvalue weighted by molar-refractivity contribution is 5.77. The van der Waals surface area contributed by atoms with Crippen LogP contribution in [0.4, 0.5) is 0 Å². The van der Waals surface area contributed by atoms with Crippen LogP contribution in [0.5, 0.6) is 0 Å². The molecule has 126 valence electrons. The Morgan fingerprint density at radius 1 is 1.24 bits per heavy atom. The van der Waals surface area contributed by atoms with E-state index in [9.17, 15) is 9.90 Å². The standard InChI is InChI=1S/C13H30N4O4/c1-13(2,3)21-6-4-5-15-11(19)8-17-12(20)9-16-10(18)7-14/h10,12,16-18,20H,4-9,14H2,1-3H3,(H,15,19)/t10?,12-/m1/s1. The van der Waals surface area contributed by atoms with Crippen molar-refractivity contribution in [3.8, 4) is 0 Å². The number of hydrogen-bond acceptors (Lipinski definition) is 7. The molecule has 2 atom stereocenters. The molecule has 7 N–H and O–H groups in total. The highest BCUT2D eigenvalue weighted by atomic mass is 16.5. The van der Waals surface area contributed by atoms with Crippen LogP contribution in [-0.4, -0.2) is 67.0 Å². The van der Waals surface area contributed by atoms with E-state index >= 15 is 0 Å². The predicted molar refractivity (Wildman–Crippen MR) is 80.4 cm³/mol. The number of nitrogens with one attached hydrogen (secondary N) is 3. The number of aliphatic hydroxyl groups is 2. The van der Waals surface area contributed by atoms with Crippen molar-refractivity contribution in [1.82, 2.24) is 16.0 Å². The number of carbonyl (C=O) groups excluding carboxylic acids is 1. The van der Waals surface area contributed by atoms with Crippen molar-refractivity contribution in [2.45, 2.75) is 45.2 Å².